The lowest BCUT2D eigenvalue weighted by Gasteiger charge is -2.06. The number of phenolic OH excluding ortho intramolecular Hbond substituents is 1. The number of nitrogens with zero attached hydrogens (tertiary/aromatic N) is 5. The number of aromatic hydroxyl groups is 1. The second-order valence-corrected chi connectivity index (χ2v) is 7.25. The second-order valence-electron chi connectivity index (χ2n) is 6.25. The number of thiophene rings is 1. The summed E-state index contributed by atoms with van der Waals surface area (Å²) in [5.74, 6) is 0.330. The van der Waals surface area contributed by atoms with Crippen LogP contribution in [0.4, 0.5) is 13.2 Å². The van der Waals surface area contributed by atoms with Gasteiger partial charge in [0.15, 0.2) is 11.5 Å². The van der Waals surface area contributed by atoms with Gasteiger partial charge in [0.2, 0.25) is 0 Å². The van der Waals surface area contributed by atoms with E-state index in [9.17, 15) is 18.3 Å². The van der Waals surface area contributed by atoms with Gasteiger partial charge in [0.25, 0.3) is 0 Å². The third-order valence-corrected chi connectivity index (χ3v) is 5.47. The van der Waals surface area contributed by atoms with Crippen molar-refractivity contribution in [3.8, 4) is 17.1 Å². The van der Waals surface area contributed by atoms with Gasteiger partial charge in [0.05, 0.1) is 11.1 Å². The topological polar surface area (TPSA) is 76.2 Å². The second kappa shape index (κ2) is 5.61. The summed E-state index contributed by atoms with van der Waals surface area (Å²) in [7, 11) is 0. The molecule has 0 spiro atoms. The molecule has 4 aromatic heterocycles. The van der Waals surface area contributed by atoms with Crippen LogP contribution in [0.15, 0.2) is 36.7 Å². The van der Waals surface area contributed by atoms with Crippen LogP contribution in [0.1, 0.15) is 11.3 Å². The number of aromatic nitrogens is 5. The van der Waals surface area contributed by atoms with E-state index in [1.165, 1.54) is 16.9 Å². The predicted molar refractivity (Wildman–Crippen MR) is 98.3 cm³/mol. The van der Waals surface area contributed by atoms with Crippen molar-refractivity contribution in [1.82, 2.24) is 24.6 Å². The zero-order chi connectivity index (χ0) is 19.6. The number of hydrogen-bond acceptors (Lipinski definition) is 6. The van der Waals surface area contributed by atoms with Crippen molar-refractivity contribution in [2.75, 3.05) is 0 Å². The minimum atomic E-state index is -4.52. The van der Waals surface area contributed by atoms with Gasteiger partial charge in [-0.25, -0.2) is 19.5 Å². The number of halogens is 3. The quantitative estimate of drug-likeness (QED) is 0.445. The Morgan fingerprint density at radius 2 is 1.93 bits per heavy atom. The van der Waals surface area contributed by atoms with Gasteiger partial charge < -0.3 is 5.11 Å². The molecule has 0 atom stereocenters. The maximum Gasteiger partial charge on any atom is 0.433 e. The molecular formula is C18H10F3N5OS. The monoisotopic (exact) mass is 401 g/mol. The number of hydrogen-bond donors (Lipinski definition) is 1. The molecule has 5 aromatic rings. The Morgan fingerprint density at radius 1 is 1.14 bits per heavy atom. The van der Waals surface area contributed by atoms with E-state index in [0.29, 0.717) is 38.2 Å². The van der Waals surface area contributed by atoms with Crippen LogP contribution in [0.5, 0.6) is 5.75 Å². The average molecular weight is 401 g/mol. The highest BCUT2D eigenvalue weighted by atomic mass is 32.1. The predicted octanol–water partition coefficient (Wildman–Crippen LogP) is 4.59. The molecule has 140 valence electrons. The van der Waals surface area contributed by atoms with Crippen molar-refractivity contribution in [2.45, 2.75) is 13.1 Å². The Hall–Kier alpha value is -3.27. The molecule has 10 heteroatoms. The van der Waals surface area contributed by atoms with Crippen molar-refractivity contribution >= 4 is 37.4 Å². The molecule has 28 heavy (non-hydrogen) atoms. The number of alkyl halides is 3. The first-order valence-corrected chi connectivity index (χ1v) is 8.95. The molecule has 0 unspecified atom stereocenters. The molecule has 0 radical (unpaired) electrons. The number of benzene rings is 1. The molecule has 0 aliphatic carbocycles. The fourth-order valence-corrected chi connectivity index (χ4v) is 4.31. The van der Waals surface area contributed by atoms with Crippen LogP contribution in [0.25, 0.3) is 37.5 Å². The fourth-order valence-electron chi connectivity index (χ4n) is 3.13. The van der Waals surface area contributed by atoms with Gasteiger partial charge in [-0.2, -0.15) is 13.2 Å². The van der Waals surface area contributed by atoms with Gasteiger partial charge in [-0.1, -0.05) is 12.1 Å². The summed E-state index contributed by atoms with van der Waals surface area (Å²) in [6, 6.07) is 7.67. The summed E-state index contributed by atoms with van der Waals surface area (Å²) in [6.45, 7) is 1.61. The van der Waals surface area contributed by atoms with E-state index >= 15 is 0 Å². The van der Waals surface area contributed by atoms with E-state index in [1.807, 2.05) is 0 Å². The Kier molecular flexibility index (Phi) is 3.38. The Labute approximate surface area is 158 Å². The minimum Gasteiger partial charge on any atom is -0.507 e. The fraction of sp³-hybridized carbons (Fsp3) is 0.111. The van der Waals surface area contributed by atoms with Gasteiger partial charge in [0, 0.05) is 5.39 Å². The number of pyridine rings is 1. The Bertz CT molecular complexity index is 1390. The largest absolute Gasteiger partial charge is 0.507 e. The summed E-state index contributed by atoms with van der Waals surface area (Å²) in [6.07, 6.45) is -3.07. The molecule has 0 saturated heterocycles. The maximum absolute atomic E-state index is 13.1. The van der Waals surface area contributed by atoms with Crippen LogP contribution in [0.3, 0.4) is 0 Å². The van der Waals surface area contributed by atoms with Gasteiger partial charge in [0.1, 0.15) is 27.3 Å². The number of fused-ring (bicyclic) bond motifs is 5. The summed E-state index contributed by atoms with van der Waals surface area (Å²) in [4.78, 5) is 12.9. The van der Waals surface area contributed by atoms with Crippen LogP contribution < -0.4 is 0 Å². The molecule has 0 bridgehead atoms. The first-order valence-electron chi connectivity index (χ1n) is 8.14. The molecule has 0 aliphatic heterocycles. The Balaban J connectivity index is 1.81. The molecule has 0 amide bonds. The normalized spacial score (nSPS) is 12.4. The van der Waals surface area contributed by atoms with E-state index in [1.54, 1.807) is 25.1 Å². The van der Waals surface area contributed by atoms with E-state index in [-0.39, 0.29) is 10.6 Å². The van der Waals surface area contributed by atoms with Crippen LogP contribution in [-0.2, 0) is 6.18 Å². The van der Waals surface area contributed by atoms with Crippen molar-refractivity contribution in [3.63, 3.8) is 0 Å². The highest BCUT2D eigenvalue weighted by Crippen LogP contribution is 2.39. The summed E-state index contributed by atoms with van der Waals surface area (Å²) in [5, 5.41) is 14.9. The molecule has 0 aliphatic rings. The lowest BCUT2D eigenvalue weighted by Crippen LogP contribution is -2.07. The van der Waals surface area contributed by atoms with Gasteiger partial charge in [-0.3, -0.25) is 0 Å². The van der Waals surface area contributed by atoms with Crippen molar-refractivity contribution in [3.05, 3.63) is 47.9 Å². The molecule has 5 rings (SSSR count). The highest BCUT2D eigenvalue weighted by molar-refractivity contribution is 7.26. The number of rotatable bonds is 1. The molecule has 6 nitrogen and oxygen atoms in total. The molecule has 4 heterocycles. The third-order valence-electron chi connectivity index (χ3n) is 4.40. The molecule has 1 aromatic carbocycles. The number of aryl methyl sites for hydroxylation is 1. The van der Waals surface area contributed by atoms with Crippen LogP contribution in [0.2, 0.25) is 0 Å². The van der Waals surface area contributed by atoms with E-state index < -0.39 is 11.9 Å². The van der Waals surface area contributed by atoms with E-state index in [2.05, 4.69) is 20.1 Å². The van der Waals surface area contributed by atoms with E-state index in [4.69, 9.17) is 0 Å². The lowest BCUT2D eigenvalue weighted by molar-refractivity contribution is -0.141. The summed E-state index contributed by atoms with van der Waals surface area (Å²) < 4.78 is 41.4. The highest BCUT2D eigenvalue weighted by Gasteiger charge is 2.33. The standard InChI is InChI=1S/C18H10F3N5OS/c1-8-6-11(18(19,20)21)23-17-12(8)13-14(28-17)16-24-15(25-26(16)7-22-13)9-4-2-3-5-10(9)27/h2-7,27H,1H3. The Morgan fingerprint density at radius 3 is 2.68 bits per heavy atom. The number of para-hydroxylation sites is 1. The molecule has 1 N–H and O–H groups in total. The maximum atomic E-state index is 13.1. The summed E-state index contributed by atoms with van der Waals surface area (Å²) in [5.41, 5.74) is 0.938. The first-order chi connectivity index (χ1) is 13.3. The number of phenols is 1. The SMILES string of the molecule is Cc1cc(C(F)(F)F)nc2sc3c(ncn4nc(-c5ccccc5O)nc34)c12. The summed E-state index contributed by atoms with van der Waals surface area (Å²) >= 11 is 1.09. The first kappa shape index (κ1) is 16.9. The van der Waals surface area contributed by atoms with Crippen LogP contribution >= 0.6 is 11.3 Å². The zero-order valence-corrected chi connectivity index (χ0v) is 15.0. The van der Waals surface area contributed by atoms with Crippen LogP contribution in [0, 0.1) is 6.92 Å². The van der Waals surface area contributed by atoms with Crippen LogP contribution in [-0.4, -0.2) is 29.7 Å². The van der Waals surface area contributed by atoms with Crippen molar-refractivity contribution < 1.29 is 18.3 Å². The smallest absolute Gasteiger partial charge is 0.433 e. The molecular weight excluding hydrogens is 391 g/mol. The lowest BCUT2D eigenvalue weighted by atomic mass is 10.1. The van der Waals surface area contributed by atoms with Gasteiger partial charge in [-0.05, 0) is 30.7 Å². The minimum absolute atomic E-state index is 0.0336. The van der Waals surface area contributed by atoms with Gasteiger partial charge >= 0.3 is 6.18 Å². The van der Waals surface area contributed by atoms with Crippen molar-refractivity contribution in [1.29, 1.82) is 0 Å². The molecule has 0 fully saturated rings. The molecule has 0 saturated carbocycles. The van der Waals surface area contributed by atoms with Crippen molar-refractivity contribution in [2.24, 2.45) is 0 Å². The average Bonchev–Trinajstić information content (AvgIpc) is 3.22. The van der Waals surface area contributed by atoms with E-state index in [0.717, 1.165) is 17.4 Å². The van der Waals surface area contributed by atoms with Gasteiger partial charge in [-0.15, -0.1) is 16.4 Å². The third kappa shape index (κ3) is 2.41. The zero-order valence-electron chi connectivity index (χ0n) is 14.2.